The molecule has 0 bridgehead atoms. The van der Waals surface area contributed by atoms with Crippen molar-refractivity contribution in [2.45, 2.75) is 64.0 Å². The first kappa shape index (κ1) is 15.0. The van der Waals surface area contributed by atoms with Crippen LogP contribution in [-0.4, -0.2) is 38.7 Å². The summed E-state index contributed by atoms with van der Waals surface area (Å²) in [6, 6.07) is 0.322. The molecule has 6 nitrogen and oxygen atoms in total. The Morgan fingerprint density at radius 1 is 1.35 bits per heavy atom. The number of nitrogens with zero attached hydrogens (tertiary/aromatic N) is 3. The molecule has 20 heavy (non-hydrogen) atoms. The maximum atomic E-state index is 12.0. The average Bonchev–Trinajstić information content (AvgIpc) is 2.70. The molecular formula is C14H24N4O2. The number of rotatable bonds is 6. The SMILES string of the molecule is O=C(Cn1cc(CCCO)nn1)NC1CCCCCC1. The normalized spacial score (nSPS) is 16.9. The van der Waals surface area contributed by atoms with Gasteiger partial charge < -0.3 is 10.4 Å². The number of amides is 1. The molecule has 0 unspecified atom stereocenters. The third-order valence-electron chi connectivity index (χ3n) is 3.70. The number of nitrogens with one attached hydrogen (secondary N) is 1. The molecule has 0 spiro atoms. The van der Waals surface area contributed by atoms with Gasteiger partial charge in [-0.2, -0.15) is 0 Å². The molecule has 2 N–H and O–H groups in total. The Balaban J connectivity index is 1.76. The zero-order valence-corrected chi connectivity index (χ0v) is 11.9. The van der Waals surface area contributed by atoms with Crippen molar-refractivity contribution >= 4 is 5.91 Å². The molecule has 1 aliphatic rings. The van der Waals surface area contributed by atoms with E-state index in [1.807, 2.05) is 0 Å². The Morgan fingerprint density at radius 2 is 2.10 bits per heavy atom. The Hall–Kier alpha value is -1.43. The van der Waals surface area contributed by atoms with E-state index in [4.69, 9.17) is 5.11 Å². The summed E-state index contributed by atoms with van der Waals surface area (Å²) in [4.78, 5) is 12.0. The van der Waals surface area contributed by atoms with Crippen LogP contribution in [0.3, 0.4) is 0 Å². The van der Waals surface area contributed by atoms with Gasteiger partial charge in [0.2, 0.25) is 5.91 Å². The second-order valence-electron chi connectivity index (χ2n) is 5.49. The summed E-state index contributed by atoms with van der Waals surface area (Å²) in [5.74, 6) is 0.00973. The van der Waals surface area contributed by atoms with E-state index in [9.17, 15) is 4.79 Å². The molecule has 2 rings (SSSR count). The largest absolute Gasteiger partial charge is 0.396 e. The molecule has 112 valence electrons. The second-order valence-corrected chi connectivity index (χ2v) is 5.49. The van der Waals surface area contributed by atoms with Gasteiger partial charge in [-0.3, -0.25) is 4.79 Å². The van der Waals surface area contributed by atoms with Gasteiger partial charge in [0.1, 0.15) is 6.54 Å². The van der Waals surface area contributed by atoms with E-state index in [-0.39, 0.29) is 19.1 Å². The molecule has 1 aromatic rings. The van der Waals surface area contributed by atoms with Gasteiger partial charge in [-0.25, -0.2) is 4.68 Å². The maximum Gasteiger partial charge on any atom is 0.242 e. The van der Waals surface area contributed by atoms with Crippen LogP contribution in [0.1, 0.15) is 50.6 Å². The Bertz CT molecular complexity index is 411. The average molecular weight is 280 g/mol. The number of hydrogen-bond donors (Lipinski definition) is 2. The molecule has 0 radical (unpaired) electrons. The van der Waals surface area contributed by atoms with Crippen LogP contribution in [-0.2, 0) is 17.8 Å². The number of hydrogen-bond acceptors (Lipinski definition) is 4. The van der Waals surface area contributed by atoms with Crippen LogP contribution in [0.25, 0.3) is 0 Å². The first-order valence-electron chi connectivity index (χ1n) is 7.57. The van der Waals surface area contributed by atoms with Gasteiger partial charge in [-0.15, -0.1) is 5.10 Å². The van der Waals surface area contributed by atoms with E-state index < -0.39 is 0 Å². The van der Waals surface area contributed by atoms with Gasteiger partial charge in [0.05, 0.1) is 5.69 Å². The molecule has 1 amide bonds. The predicted molar refractivity (Wildman–Crippen MR) is 75.1 cm³/mol. The topological polar surface area (TPSA) is 80.0 Å². The molecule has 0 aromatic carbocycles. The predicted octanol–water partition coefficient (Wildman–Crippen LogP) is 1.04. The monoisotopic (exact) mass is 280 g/mol. The van der Waals surface area contributed by atoms with E-state index in [2.05, 4.69) is 15.6 Å². The highest BCUT2D eigenvalue weighted by Gasteiger charge is 2.15. The van der Waals surface area contributed by atoms with Crippen LogP contribution >= 0.6 is 0 Å². The van der Waals surface area contributed by atoms with E-state index in [0.29, 0.717) is 18.9 Å². The molecule has 0 atom stereocenters. The number of carbonyl (C=O) groups excluding carboxylic acids is 1. The fraction of sp³-hybridized carbons (Fsp3) is 0.786. The van der Waals surface area contributed by atoms with Crippen LogP contribution in [0.4, 0.5) is 0 Å². The molecule has 0 saturated heterocycles. The fourth-order valence-electron chi connectivity index (χ4n) is 2.63. The Morgan fingerprint density at radius 3 is 2.80 bits per heavy atom. The summed E-state index contributed by atoms with van der Waals surface area (Å²) < 4.78 is 1.57. The van der Waals surface area contributed by atoms with Crippen LogP contribution in [0.5, 0.6) is 0 Å². The highest BCUT2D eigenvalue weighted by molar-refractivity contribution is 5.75. The summed E-state index contributed by atoms with van der Waals surface area (Å²) >= 11 is 0. The van der Waals surface area contributed by atoms with E-state index in [0.717, 1.165) is 18.5 Å². The Labute approximate surface area is 119 Å². The lowest BCUT2D eigenvalue weighted by Gasteiger charge is -2.15. The van der Waals surface area contributed by atoms with Crippen molar-refractivity contribution in [3.8, 4) is 0 Å². The summed E-state index contributed by atoms with van der Waals surface area (Å²) in [7, 11) is 0. The molecule has 1 aromatic heterocycles. The molecule has 1 fully saturated rings. The lowest BCUT2D eigenvalue weighted by atomic mass is 10.1. The van der Waals surface area contributed by atoms with Gasteiger partial charge in [0, 0.05) is 18.8 Å². The van der Waals surface area contributed by atoms with Crippen molar-refractivity contribution in [1.29, 1.82) is 0 Å². The zero-order valence-electron chi connectivity index (χ0n) is 11.9. The van der Waals surface area contributed by atoms with Crippen LogP contribution in [0.15, 0.2) is 6.20 Å². The lowest BCUT2D eigenvalue weighted by Crippen LogP contribution is -2.36. The van der Waals surface area contributed by atoms with Gasteiger partial charge in [-0.1, -0.05) is 30.9 Å². The summed E-state index contributed by atoms with van der Waals surface area (Å²) in [6.45, 7) is 0.373. The minimum atomic E-state index is 0.00973. The highest BCUT2D eigenvalue weighted by atomic mass is 16.2. The fourth-order valence-corrected chi connectivity index (χ4v) is 2.63. The smallest absolute Gasteiger partial charge is 0.242 e. The van der Waals surface area contributed by atoms with Crippen molar-refractivity contribution in [1.82, 2.24) is 20.3 Å². The summed E-state index contributed by atoms with van der Waals surface area (Å²) in [6.07, 6.45) is 10.3. The van der Waals surface area contributed by atoms with Crippen molar-refractivity contribution in [2.24, 2.45) is 0 Å². The quantitative estimate of drug-likeness (QED) is 0.763. The number of carbonyl (C=O) groups is 1. The molecule has 0 aliphatic heterocycles. The van der Waals surface area contributed by atoms with E-state index >= 15 is 0 Å². The van der Waals surface area contributed by atoms with Crippen LogP contribution < -0.4 is 5.32 Å². The minimum absolute atomic E-state index is 0.00973. The van der Waals surface area contributed by atoms with Crippen molar-refractivity contribution < 1.29 is 9.90 Å². The van der Waals surface area contributed by atoms with Gasteiger partial charge in [-0.05, 0) is 25.7 Å². The van der Waals surface area contributed by atoms with E-state index in [1.54, 1.807) is 10.9 Å². The van der Waals surface area contributed by atoms with Crippen LogP contribution in [0, 0.1) is 0 Å². The standard InChI is InChI=1S/C14H24N4O2/c19-9-5-8-13-10-18(17-16-13)11-14(20)15-12-6-3-1-2-4-7-12/h10,12,19H,1-9,11H2,(H,15,20). The molecule has 1 aliphatic carbocycles. The zero-order chi connectivity index (χ0) is 14.2. The highest BCUT2D eigenvalue weighted by Crippen LogP contribution is 2.17. The third-order valence-corrected chi connectivity index (χ3v) is 3.70. The second kappa shape index (κ2) is 7.99. The van der Waals surface area contributed by atoms with Gasteiger partial charge in [0.25, 0.3) is 0 Å². The number of aryl methyl sites for hydroxylation is 1. The summed E-state index contributed by atoms with van der Waals surface area (Å²) in [5, 5.41) is 19.8. The van der Waals surface area contributed by atoms with Crippen molar-refractivity contribution in [3.05, 3.63) is 11.9 Å². The molecule has 1 saturated carbocycles. The molecular weight excluding hydrogens is 256 g/mol. The Kier molecular flexibility index (Phi) is 5.98. The van der Waals surface area contributed by atoms with Gasteiger partial charge >= 0.3 is 0 Å². The van der Waals surface area contributed by atoms with Crippen molar-refractivity contribution in [2.75, 3.05) is 6.61 Å². The number of aromatic nitrogens is 3. The van der Waals surface area contributed by atoms with Crippen molar-refractivity contribution in [3.63, 3.8) is 0 Å². The lowest BCUT2D eigenvalue weighted by molar-refractivity contribution is -0.122. The number of aliphatic hydroxyl groups excluding tert-OH is 1. The minimum Gasteiger partial charge on any atom is -0.396 e. The third kappa shape index (κ3) is 4.92. The maximum absolute atomic E-state index is 12.0. The van der Waals surface area contributed by atoms with Gasteiger partial charge in [0.15, 0.2) is 0 Å². The molecule has 1 heterocycles. The molecule has 6 heteroatoms. The first-order valence-corrected chi connectivity index (χ1v) is 7.57. The number of aliphatic hydroxyl groups is 1. The van der Waals surface area contributed by atoms with E-state index in [1.165, 1.54) is 25.7 Å². The first-order chi connectivity index (χ1) is 9.78. The van der Waals surface area contributed by atoms with Crippen LogP contribution in [0.2, 0.25) is 0 Å². The summed E-state index contributed by atoms with van der Waals surface area (Å²) in [5.41, 5.74) is 0.821.